The number of benzene rings is 2. The minimum absolute atomic E-state index is 0.00108. The molecule has 2 aromatic rings. The zero-order valence-corrected chi connectivity index (χ0v) is 18.8. The van der Waals surface area contributed by atoms with E-state index in [4.69, 9.17) is 11.6 Å². The van der Waals surface area contributed by atoms with E-state index in [9.17, 15) is 19.2 Å². The molecule has 2 aromatic carbocycles. The van der Waals surface area contributed by atoms with Crippen molar-refractivity contribution in [3.05, 3.63) is 82.9 Å². The number of Topliss-reactive ketones (excluding diaryl/α,β-unsaturated/α-hetero) is 1. The topological polar surface area (TPSA) is 74.8 Å². The Morgan fingerprint density at radius 2 is 1.52 bits per heavy atom. The van der Waals surface area contributed by atoms with Crippen molar-refractivity contribution in [2.45, 2.75) is 25.8 Å². The van der Waals surface area contributed by atoms with Crippen LogP contribution in [-0.4, -0.2) is 39.6 Å². The molecule has 0 unspecified atom stereocenters. The van der Waals surface area contributed by atoms with Crippen LogP contribution in [0.5, 0.6) is 0 Å². The summed E-state index contributed by atoms with van der Waals surface area (Å²) in [6.45, 7) is 1.77. The number of fused-ring (bicyclic) bond motifs is 5. The van der Waals surface area contributed by atoms with Crippen molar-refractivity contribution < 1.29 is 19.2 Å². The van der Waals surface area contributed by atoms with Gasteiger partial charge in [0.05, 0.1) is 11.8 Å². The molecule has 0 spiro atoms. The van der Waals surface area contributed by atoms with Crippen molar-refractivity contribution >= 4 is 35.1 Å². The summed E-state index contributed by atoms with van der Waals surface area (Å²) >= 11 is 5.99. The number of carbonyl (C=O) groups is 4. The molecule has 7 heteroatoms. The highest BCUT2D eigenvalue weighted by Crippen LogP contribution is 2.53. The van der Waals surface area contributed by atoms with E-state index in [1.165, 1.54) is 12.1 Å². The Morgan fingerprint density at radius 3 is 2.06 bits per heavy atom. The average Bonchev–Trinajstić information content (AvgIpc) is 3.52. The molecule has 2 bridgehead atoms. The third kappa shape index (κ3) is 3.40. The van der Waals surface area contributed by atoms with Gasteiger partial charge in [-0.2, -0.15) is 5.01 Å². The van der Waals surface area contributed by atoms with Crippen LogP contribution in [-0.2, 0) is 9.59 Å². The molecule has 0 radical (unpaired) electrons. The van der Waals surface area contributed by atoms with Gasteiger partial charge in [-0.15, -0.1) is 0 Å². The zero-order chi connectivity index (χ0) is 23.3. The second kappa shape index (κ2) is 8.27. The number of ketones is 1. The minimum atomic E-state index is -1.01. The van der Waals surface area contributed by atoms with E-state index < -0.39 is 35.6 Å². The van der Waals surface area contributed by atoms with Crippen LogP contribution in [0.25, 0.3) is 0 Å². The van der Waals surface area contributed by atoms with E-state index >= 15 is 0 Å². The molecule has 1 saturated carbocycles. The molecular weight excluding hydrogens is 440 g/mol. The maximum absolute atomic E-state index is 13.7. The summed E-state index contributed by atoms with van der Waals surface area (Å²) in [5, 5.41) is 2.52. The molecule has 3 aliphatic rings. The lowest BCUT2D eigenvalue weighted by molar-refractivity contribution is -0.157. The van der Waals surface area contributed by atoms with Crippen LogP contribution < -0.4 is 0 Å². The molecule has 6 nitrogen and oxygen atoms in total. The summed E-state index contributed by atoms with van der Waals surface area (Å²) < 4.78 is 0. The summed E-state index contributed by atoms with van der Waals surface area (Å²) in [6.07, 6.45) is 5.02. The van der Waals surface area contributed by atoms with Gasteiger partial charge in [0.25, 0.3) is 17.7 Å². The van der Waals surface area contributed by atoms with Crippen molar-refractivity contribution in [3.63, 3.8) is 0 Å². The lowest BCUT2D eigenvalue weighted by atomic mass is 9.85. The van der Waals surface area contributed by atoms with Crippen LogP contribution >= 0.6 is 11.6 Å². The number of amides is 3. The van der Waals surface area contributed by atoms with Crippen LogP contribution in [0.4, 0.5) is 0 Å². The third-order valence-corrected chi connectivity index (χ3v) is 7.26. The van der Waals surface area contributed by atoms with E-state index in [-0.39, 0.29) is 29.6 Å². The smallest absolute Gasteiger partial charge is 0.273 e. The third-order valence-electron chi connectivity index (χ3n) is 7.00. The van der Waals surface area contributed by atoms with Gasteiger partial charge in [0.15, 0.2) is 5.78 Å². The minimum Gasteiger partial charge on any atom is -0.292 e. The maximum Gasteiger partial charge on any atom is 0.273 e. The quantitative estimate of drug-likeness (QED) is 0.367. The summed E-state index contributed by atoms with van der Waals surface area (Å²) in [5.74, 6) is -2.65. The molecule has 2 aliphatic carbocycles. The predicted molar refractivity (Wildman–Crippen MR) is 122 cm³/mol. The van der Waals surface area contributed by atoms with Crippen LogP contribution in [0.3, 0.4) is 0 Å². The second-order valence-corrected chi connectivity index (χ2v) is 9.24. The first-order valence-electron chi connectivity index (χ1n) is 11.2. The molecule has 5 atom stereocenters. The van der Waals surface area contributed by atoms with Crippen LogP contribution in [0.1, 0.15) is 40.5 Å². The fraction of sp³-hybridized carbons (Fsp3) is 0.308. The van der Waals surface area contributed by atoms with Crippen LogP contribution in [0.15, 0.2) is 66.7 Å². The van der Waals surface area contributed by atoms with Gasteiger partial charge < -0.3 is 0 Å². The monoisotopic (exact) mass is 462 g/mol. The molecule has 5 rings (SSSR count). The van der Waals surface area contributed by atoms with Crippen LogP contribution in [0.2, 0.25) is 5.02 Å². The second-order valence-electron chi connectivity index (χ2n) is 8.80. The molecule has 1 heterocycles. The number of allylic oxidation sites excluding steroid dienone is 2. The first-order chi connectivity index (χ1) is 15.9. The highest BCUT2D eigenvalue weighted by atomic mass is 35.5. The number of carbonyl (C=O) groups excluding carboxylic acids is 4. The predicted octanol–water partition coefficient (Wildman–Crippen LogP) is 4.17. The highest BCUT2D eigenvalue weighted by Gasteiger charge is 2.62. The fourth-order valence-electron chi connectivity index (χ4n) is 5.46. The fourth-order valence-corrected chi connectivity index (χ4v) is 5.59. The number of halogens is 1. The normalized spacial score (nSPS) is 25.9. The molecule has 1 saturated heterocycles. The lowest BCUT2D eigenvalue weighted by Crippen LogP contribution is -2.57. The van der Waals surface area contributed by atoms with Crippen molar-refractivity contribution in [1.29, 1.82) is 0 Å². The first kappa shape index (κ1) is 21.6. The molecule has 168 valence electrons. The summed E-state index contributed by atoms with van der Waals surface area (Å²) in [5.41, 5.74) is 0.664. The van der Waals surface area contributed by atoms with Crippen molar-refractivity contribution in [2.75, 3.05) is 0 Å². The maximum atomic E-state index is 13.7. The Labute approximate surface area is 196 Å². The summed E-state index contributed by atoms with van der Waals surface area (Å²) in [6, 6.07) is 13.8. The molecule has 0 aromatic heterocycles. The van der Waals surface area contributed by atoms with Gasteiger partial charge in [-0.25, -0.2) is 5.01 Å². The van der Waals surface area contributed by atoms with E-state index in [1.54, 1.807) is 49.4 Å². The van der Waals surface area contributed by atoms with Gasteiger partial charge in [0.1, 0.15) is 6.04 Å². The number of imide groups is 1. The number of hydrazine groups is 1. The molecule has 33 heavy (non-hydrogen) atoms. The van der Waals surface area contributed by atoms with E-state index in [2.05, 4.69) is 0 Å². The molecular formula is C26H23ClN2O4. The van der Waals surface area contributed by atoms with Crippen molar-refractivity contribution in [2.24, 2.45) is 23.7 Å². The standard InChI is InChI=1S/C26H23ClN2O4/c1-2-20(23(30)15-6-4-3-5-7-15)28(24(31)16-10-12-19(27)13-11-16)29-25(32)21-17-8-9-18(14-17)22(21)26(29)33/h3-13,17-18,20-22H,2,14H2,1H3/t17-,18-,20+,21-,22+/m0/s1. The first-order valence-corrected chi connectivity index (χ1v) is 11.5. The Bertz CT molecular complexity index is 1130. The molecule has 0 N–H and O–H groups in total. The lowest BCUT2D eigenvalue weighted by Gasteiger charge is -2.36. The van der Waals surface area contributed by atoms with E-state index in [0.29, 0.717) is 10.6 Å². The molecule has 3 amide bonds. The summed E-state index contributed by atoms with van der Waals surface area (Å²) in [4.78, 5) is 54.3. The SMILES string of the molecule is CC[C@H](C(=O)c1ccccc1)N(C(=O)c1ccc(Cl)cc1)N1C(=O)[C@@H]2[C@H](C1=O)[C@H]1C=C[C@H]2C1. The molecule has 2 fully saturated rings. The van der Waals surface area contributed by atoms with Crippen molar-refractivity contribution in [1.82, 2.24) is 10.0 Å². The van der Waals surface area contributed by atoms with Crippen molar-refractivity contribution in [3.8, 4) is 0 Å². The average molecular weight is 463 g/mol. The Hall–Kier alpha value is -3.25. The number of hydrogen-bond acceptors (Lipinski definition) is 4. The largest absolute Gasteiger partial charge is 0.292 e. The van der Waals surface area contributed by atoms with Gasteiger partial charge in [0.2, 0.25) is 0 Å². The van der Waals surface area contributed by atoms with Gasteiger partial charge in [-0.3, -0.25) is 19.2 Å². The Kier molecular flexibility index (Phi) is 5.41. The number of nitrogens with zero attached hydrogens (tertiary/aromatic N) is 2. The van der Waals surface area contributed by atoms with E-state index in [0.717, 1.165) is 16.4 Å². The van der Waals surface area contributed by atoms with Gasteiger partial charge in [-0.05, 0) is 48.9 Å². The number of rotatable bonds is 6. The van der Waals surface area contributed by atoms with Gasteiger partial charge in [-0.1, -0.05) is 61.0 Å². The highest BCUT2D eigenvalue weighted by molar-refractivity contribution is 6.30. The number of hydrogen-bond donors (Lipinski definition) is 0. The zero-order valence-electron chi connectivity index (χ0n) is 18.1. The van der Waals surface area contributed by atoms with Gasteiger partial charge >= 0.3 is 0 Å². The Balaban J connectivity index is 1.58. The van der Waals surface area contributed by atoms with Crippen LogP contribution in [0, 0.1) is 23.7 Å². The summed E-state index contributed by atoms with van der Waals surface area (Å²) in [7, 11) is 0. The van der Waals surface area contributed by atoms with Gasteiger partial charge in [0, 0.05) is 16.1 Å². The molecule has 1 aliphatic heterocycles. The van der Waals surface area contributed by atoms with E-state index in [1.807, 2.05) is 12.2 Å². The Morgan fingerprint density at radius 1 is 0.939 bits per heavy atom.